The molecule has 0 aromatic carbocycles. The van der Waals surface area contributed by atoms with Crippen molar-refractivity contribution in [1.29, 1.82) is 0 Å². The van der Waals surface area contributed by atoms with Crippen LogP contribution in [0.1, 0.15) is 64.1 Å². The molecule has 1 heterocycles. The van der Waals surface area contributed by atoms with Gasteiger partial charge in [0, 0.05) is 17.8 Å². The summed E-state index contributed by atoms with van der Waals surface area (Å²) in [6, 6.07) is 2.21. The minimum absolute atomic E-state index is 0.143. The van der Waals surface area contributed by atoms with Crippen LogP contribution >= 0.6 is 0 Å². The van der Waals surface area contributed by atoms with Crippen LogP contribution in [-0.4, -0.2) is 9.36 Å². The molecule has 1 aromatic heterocycles. The van der Waals surface area contributed by atoms with Crippen LogP contribution in [-0.2, 0) is 5.54 Å². The van der Waals surface area contributed by atoms with Crippen molar-refractivity contribution in [2.24, 2.45) is 17.8 Å². The highest BCUT2D eigenvalue weighted by Crippen LogP contribution is 2.58. The lowest BCUT2D eigenvalue weighted by Crippen LogP contribution is -2.56. The first kappa shape index (κ1) is 12.7. The van der Waals surface area contributed by atoms with Gasteiger partial charge in [-0.1, -0.05) is 0 Å². The molecular formula is C17H26N2O. The summed E-state index contributed by atoms with van der Waals surface area (Å²) in [5, 5.41) is 0. The Morgan fingerprint density at radius 1 is 1.10 bits per heavy atom. The van der Waals surface area contributed by atoms with Crippen molar-refractivity contribution in [2.75, 3.05) is 0 Å². The van der Waals surface area contributed by atoms with Crippen LogP contribution < -0.4 is 5.56 Å². The first-order valence-electron chi connectivity index (χ1n) is 8.30. The van der Waals surface area contributed by atoms with Crippen molar-refractivity contribution in [1.82, 2.24) is 9.36 Å². The van der Waals surface area contributed by atoms with Crippen LogP contribution in [0.3, 0.4) is 0 Å². The molecule has 0 amide bonds. The Kier molecular flexibility index (Phi) is 2.56. The van der Waals surface area contributed by atoms with Crippen LogP contribution in [0.2, 0.25) is 0 Å². The molecule has 20 heavy (non-hydrogen) atoms. The first-order chi connectivity index (χ1) is 9.48. The largest absolute Gasteiger partial charge is 0.284 e. The molecule has 0 saturated heterocycles. The van der Waals surface area contributed by atoms with Crippen LogP contribution in [0.4, 0.5) is 0 Å². The molecule has 4 fully saturated rings. The summed E-state index contributed by atoms with van der Waals surface area (Å²) >= 11 is 0. The second-order valence-electron chi connectivity index (χ2n) is 8.02. The summed E-state index contributed by atoms with van der Waals surface area (Å²) in [5.74, 6) is 2.64. The Morgan fingerprint density at radius 2 is 1.60 bits per heavy atom. The lowest BCUT2D eigenvalue weighted by atomic mass is 9.53. The number of rotatable bonds is 2. The fourth-order valence-corrected chi connectivity index (χ4v) is 5.99. The number of hydrogen-bond acceptors (Lipinski definition) is 1. The summed E-state index contributed by atoms with van der Waals surface area (Å²) in [4.78, 5) is 12.6. The van der Waals surface area contributed by atoms with Gasteiger partial charge in [-0.25, -0.2) is 4.68 Å². The predicted octanol–water partition coefficient (Wildman–Crippen LogP) is 3.46. The second-order valence-corrected chi connectivity index (χ2v) is 8.02. The molecule has 0 atom stereocenters. The topological polar surface area (TPSA) is 26.9 Å². The highest BCUT2D eigenvalue weighted by atomic mass is 16.1. The van der Waals surface area contributed by atoms with E-state index in [1.54, 1.807) is 0 Å². The van der Waals surface area contributed by atoms with Gasteiger partial charge in [0.05, 0.1) is 5.54 Å². The summed E-state index contributed by atoms with van der Waals surface area (Å²) in [7, 11) is 0. The maximum Gasteiger partial charge on any atom is 0.267 e. The summed E-state index contributed by atoms with van der Waals surface area (Å²) < 4.78 is 4.45. The molecule has 4 aliphatic carbocycles. The van der Waals surface area contributed by atoms with E-state index in [2.05, 4.69) is 30.1 Å². The number of nitrogens with zero attached hydrogens (tertiary/aromatic N) is 2. The molecule has 0 spiro atoms. The van der Waals surface area contributed by atoms with Crippen LogP contribution in [0, 0.1) is 24.7 Å². The van der Waals surface area contributed by atoms with Crippen molar-refractivity contribution in [2.45, 2.75) is 70.9 Å². The minimum atomic E-state index is 0.143. The van der Waals surface area contributed by atoms with Gasteiger partial charge in [-0.3, -0.25) is 9.48 Å². The minimum Gasteiger partial charge on any atom is -0.284 e. The molecule has 4 saturated carbocycles. The number of aromatic nitrogens is 2. The van der Waals surface area contributed by atoms with E-state index in [1.807, 2.05) is 6.07 Å². The van der Waals surface area contributed by atoms with Crippen molar-refractivity contribution < 1.29 is 0 Å². The Bertz CT molecular complexity index is 557. The molecule has 4 aliphatic rings. The average molecular weight is 274 g/mol. The molecular weight excluding hydrogens is 248 g/mol. The van der Waals surface area contributed by atoms with Crippen molar-refractivity contribution in [3.8, 4) is 0 Å². The Hall–Kier alpha value is -0.990. The number of aryl methyl sites for hydroxylation is 1. The van der Waals surface area contributed by atoms with Gasteiger partial charge >= 0.3 is 0 Å². The van der Waals surface area contributed by atoms with E-state index in [4.69, 9.17) is 0 Å². The van der Waals surface area contributed by atoms with Gasteiger partial charge in [-0.05, 0) is 77.0 Å². The van der Waals surface area contributed by atoms with Gasteiger partial charge in [0.25, 0.3) is 5.56 Å². The average Bonchev–Trinajstić information content (AvgIpc) is 2.63. The Labute approximate surface area is 121 Å². The lowest BCUT2D eigenvalue weighted by molar-refractivity contribution is -0.0588. The monoisotopic (exact) mass is 274 g/mol. The van der Waals surface area contributed by atoms with E-state index in [9.17, 15) is 4.79 Å². The van der Waals surface area contributed by atoms with Gasteiger partial charge in [0.2, 0.25) is 0 Å². The zero-order valence-electron chi connectivity index (χ0n) is 12.9. The smallest absolute Gasteiger partial charge is 0.267 e. The third kappa shape index (κ3) is 1.61. The summed E-state index contributed by atoms with van der Waals surface area (Å²) in [5.41, 5.74) is 1.50. The SMILES string of the molecule is Cc1cc(=O)n(C23CC4CC(CC(C4)C2)C3)n1C(C)C. The molecule has 3 nitrogen and oxygen atoms in total. The van der Waals surface area contributed by atoms with E-state index in [0.29, 0.717) is 6.04 Å². The molecule has 0 unspecified atom stereocenters. The van der Waals surface area contributed by atoms with Crippen molar-refractivity contribution >= 4 is 0 Å². The molecule has 0 radical (unpaired) electrons. The molecule has 110 valence electrons. The standard InChI is InChI=1S/C17H26N2O/c1-11(2)18-12(3)4-16(20)19(18)17-8-13-5-14(9-17)7-15(6-13)10-17/h4,11,13-15H,5-10H2,1-3H3. The third-order valence-corrected chi connectivity index (χ3v) is 6.06. The van der Waals surface area contributed by atoms with E-state index in [0.717, 1.165) is 23.4 Å². The molecule has 5 rings (SSSR count). The number of hydrogen-bond donors (Lipinski definition) is 0. The predicted molar refractivity (Wildman–Crippen MR) is 80.0 cm³/mol. The van der Waals surface area contributed by atoms with E-state index in [1.165, 1.54) is 38.5 Å². The van der Waals surface area contributed by atoms with E-state index in [-0.39, 0.29) is 11.1 Å². The molecule has 3 heteroatoms. The van der Waals surface area contributed by atoms with Gasteiger partial charge in [0.15, 0.2) is 0 Å². The first-order valence-corrected chi connectivity index (χ1v) is 8.30. The Morgan fingerprint density at radius 3 is 2.05 bits per heavy atom. The maximum absolute atomic E-state index is 12.6. The molecule has 4 bridgehead atoms. The van der Waals surface area contributed by atoms with Gasteiger partial charge in [-0.15, -0.1) is 0 Å². The van der Waals surface area contributed by atoms with Gasteiger partial charge in [0.1, 0.15) is 0 Å². The lowest BCUT2D eigenvalue weighted by Gasteiger charge is -2.57. The van der Waals surface area contributed by atoms with E-state index < -0.39 is 0 Å². The fraction of sp³-hybridized carbons (Fsp3) is 0.824. The Balaban J connectivity index is 1.87. The molecule has 0 aliphatic heterocycles. The maximum atomic E-state index is 12.6. The van der Waals surface area contributed by atoms with Gasteiger partial charge in [-0.2, -0.15) is 0 Å². The zero-order valence-corrected chi connectivity index (χ0v) is 12.9. The van der Waals surface area contributed by atoms with Crippen LogP contribution in [0.25, 0.3) is 0 Å². The van der Waals surface area contributed by atoms with Crippen LogP contribution in [0.15, 0.2) is 10.9 Å². The van der Waals surface area contributed by atoms with E-state index >= 15 is 0 Å². The third-order valence-electron chi connectivity index (χ3n) is 6.06. The fourth-order valence-electron chi connectivity index (χ4n) is 5.99. The highest BCUT2D eigenvalue weighted by molar-refractivity contribution is 5.10. The van der Waals surface area contributed by atoms with Gasteiger partial charge < -0.3 is 0 Å². The normalized spacial score (nSPS) is 38.9. The summed E-state index contributed by atoms with van der Waals surface area (Å²) in [6.07, 6.45) is 8.01. The quantitative estimate of drug-likeness (QED) is 0.811. The van der Waals surface area contributed by atoms with Crippen molar-refractivity contribution in [3.05, 3.63) is 22.1 Å². The molecule has 1 aromatic rings. The zero-order chi connectivity index (χ0) is 14.1. The van der Waals surface area contributed by atoms with Crippen LogP contribution in [0.5, 0.6) is 0 Å². The molecule has 0 N–H and O–H groups in total. The van der Waals surface area contributed by atoms with Crippen molar-refractivity contribution in [3.63, 3.8) is 0 Å². The highest BCUT2D eigenvalue weighted by Gasteiger charge is 2.53. The summed E-state index contributed by atoms with van der Waals surface area (Å²) in [6.45, 7) is 6.48. The second kappa shape index (κ2) is 4.02.